The van der Waals surface area contributed by atoms with Crippen molar-refractivity contribution in [1.29, 1.82) is 0 Å². The average Bonchev–Trinajstić information content (AvgIpc) is 2.83. The van der Waals surface area contributed by atoms with Crippen LogP contribution in [0.5, 0.6) is 5.75 Å². The minimum atomic E-state index is -0.448. The molecule has 1 heterocycles. The number of ether oxygens (including phenoxy) is 1. The molecule has 1 aliphatic rings. The van der Waals surface area contributed by atoms with Gasteiger partial charge in [-0.1, -0.05) is 26.0 Å². The van der Waals surface area contributed by atoms with Crippen molar-refractivity contribution >= 4 is 5.91 Å². The van der Waals surface area contributed by atoms with Gasteiger partial charge in [0.25, 0.3) is 5.91 Å². The number of benzene rings is 1. The van der Waals surface area contributed by atoms with E-state index in [-0.39, 0.29) is 6.61 Å². The highest BCUT2D eigenvalue weighted by Gasteiger charge is 2.22. The van der Waals surface area contributed by atoms with Crippen LogP contribution in [0.25, 0.3) is 0 Å². The SMILES string of the molecule is CC(C)C[C@@H]1CCN(Cc2cccc(OCC(N)=O)c2)C1. The summed E-state index contributed by atoms with van der Waals surface area (Å²) in [6.45, 7) is 7.82. The molecule has 0 aromatic heterocycles. The zero-order valence-corrected chi connectivity index (χ0v) is 13.0. The van der Waals surface area contributed by atoms with Crippen LogP contribution in [0.1, 0.15) is 32.3 Å². The summed E-state index contributed by atoms with van der Waals surface area (Å²) >= 11 is 0. The van der Waals surface area contributed by atoms with E-state index in [1.54, 1.807) is 0 Å². The lowest BCUT2D eigenvalue weighted by Crippen LogP contribution is -2.21. The van der Waals surface area contributed by atoms with Crippen molar-refractivity contribution in [2.24, 2.45) is 17.6 Å². The Morgan fingerprint density at radius 3 is 3.00 bits per heavy atom. The minimum Gasteiger partial charge on any atom is -0.484 e. The molecule has 4 heteroatoms. The molecule has 0 bridgehead atoms. The third-order valence-electron chi connectivity index (χ3n) is 3.86. The maximum absolute atomic E-state index is 10.7. The first-order chi connectivity index (χ1) is 10.0. The second kappa shape index (κ2) is 7.46. The third-order valence-corrected chi connectivity index (χ3v) is 3.86. The molecule has 1 amide bonds. The highest BCUT2D eigenvalue weighted by atomic mass is 16.5. The Labute approximate surface area is 127 Å². The molecular weight excluding hydrogens is 264 g/mol. The van der Waals surface area contributed by atoms with Crippen molar-refractivity contribution in [2.45, 2.75) is 33.2 Å². The molecule has 4 nitrogen and oxygen atoms in total. The van der Waals surface area contributed by atoms with Gasteiger partial charge in [-0.05, 0) is 48.9 Å². The van der Waals surface area contributed by atoms with Crippen LogP contribution in [0, 0.1) is 11.8 Å². The van der Waals surface area contributed by atoms with Gasteiger partial charge in [0.1, 0.15) is 5.75 Å². The first-order valence-electron chi connectivity index (χ1n) is 7.75. The lowest BCUT2D eigenvalue weighted by Gasteiger charge is -2.17. The highest BCUT2D eigenvalue weighted by molar-refractivity contribution is 5.75. The fourth-order valence-electron chi connectivity index (χ4n) is 3.06. The molecule has 0 aliphatic carbocycles. The molecule has 1 saturated heterocycles. The van der Waals surface area contributed by atoms with E-state index in [9.17, 15) is 4.79 Å². The summed E-state index contributed by atoms with van der Waals surface area (Å²) in [5.74, 6) is 1.88. The van der Waals surface area contributed by atoms with Crippen molar-refractivity contribution in [2.75, 3.05) is 19.7 Å². The predicted molar refractivity (Wildman–Crippen MR) is 84.0 cm³/mol. The van der Waals surface area contributed by atoms with Crippen molar-refractivity contribution in [1.82, 2.24) is 4.90 Å². The van der Waals surface area contributed by atoms with E-state index < -0.39 is 5.91 Å². The maximum Gasteiger partial charge on any atom is 0.255 e. The van der Waals surface area contributed by atoms with Crippen LogP contribution in [0.4, 0.5) is 0 Å². The molecule has 1 aromatic carbocycles. The summed E-state index contributed by atoms with van der Waals surface area (Å²) in [5, 5.41) is 0. The van der Waals surface area contributed by atoms with Gasteiger partial charge < -0.3 is 10.5 Å². The van der Waals surface area contributed by atoms with Gasteiger partial charge in [0.15, 0.2) is 6.61 Å². The molecule has 0 saturated carbocycles. The molecule has 1 atom stereocenters. The monoisotopic (exact) mass is 290 g/mol. The number of rotatable bonds is 7. The maximum atomic E-state index is 10.7. The predicted octanol–water partition coefficient (Wildman–Crippen LogP) is 2.42. The normalized spacial score (nSPS) is 19.1. The van der Waals surface area contributed by atoms with Crippen LogP contribution in [0.2, 0.25) is 0 Å². The zero-order chi connectivity index (χ0) is 15.2. The summed E-state index contributed by atoms with van der Waals surface area (Å²) in [7, 11) is 0. The molecule has 2 rings (SSSR count). The molecule has 1 aromatic rings. The number of hydrogen-bond acceptors (Lipinski definition) is 3. The lowest BCUT2D eigenvalue weighted by molar-refractivity contribution is -0.119. The number of carbonyl (C=O) groups is 1. The van der Waals surface area contributed by atoms with Crippen LogP contribution in [0.3, 0.4) is 0 Å². The van der Waals surface area contributed by atoms with Crippen LogP contribution in [-0.2, 0) is 11.3 Å². The second-order valence-electron chi connectivity index (χ2n) is 6.42. The fourth-order valence-corrected chi connectivity index (χ4v) is 3.06. The summed E-state index contributed by atoms with van der Waals surface area (Å²) in [4.78, 5) is 13.2. The lowest BCUT2D eigenvalue weighted by atomic mass is 9.97. The fraction of sp³-hybridized carbons (Fsp3) is 0.588. The Bertz CT molecular complexity index is 474. The van der Waals surface area contributed by atoms with Gasteiger partial charge in [-0.15, -0.1) is 0 Å². The summed E-state index contributed by atoms with van der Waals surface area (Å²) < 4.78 is 5.35. The molecular formula is C17H26N2O2. The third kappa shape index (κ3) is 5.38. The molecule has 0 unspecified atom stereocenters. The standard InChI is InChI=1S/C17H26N2O2/c1-13(2)8-15-6-7-19(11-15)10-14-4-3-5-16(9-14)21-12-17(18)20/h3-5,9,13,15H,6-8,10-12H2,1-2H3,(H2,18,20)/t15-/m0/s1. The van der Waals surface area contributed by atoms with Gasteiger partial charge in [-0.3, -0.25) is 9.69 Å². The van der Waals surface area contributed by atoms with Gasteiger partial charge in [0.2, 0.25) is 0 Å². The van der Waals surface area contributed by atoms with Crippen molar-refractivity contribution < 1.29 is 9.53 Å². The molecule has 1 fully saturated rings. The smallest absolute Gasteiger partial charge is 0.255 e. The van der Waals surface area contributed by atoms with Gasteiger partial charge in [0.05, 0.1) is 0 Å². The van der Waals surface area contributed by atoms with E-state index in [0.717, 1.165) is 18.4 Å². The van der Waals surface area contributed by atoms with Gasteiger partial charge in [0, 0.05) is 13.1 Å². The van der Waals surface area contributed by atoms with Gasteiger partial charge in [-0.25, -0.2) is 0 Å². The van der Waals surface area contributed by atoms with Crippen LogP contribution in [0.15, 0.2) is 24.3 Å². The Hall–Kier alpha value is -1.55. The number of nitrogens with two attached hydrogens (primary N) is 1. The van der Waals surface area contributed by atoms with Crippen molar-refractivity contribution in [3.05, 3.63) is 29.8 Å². The first-order valence-corrected chi connectivity index (χ1v) is 7.75. The molecule has 21 heavy (non-hydrogen) atoms. The van der Waals surface area contributed by atoms with Crippen LogP contribution < -0.4 is 10.5 Å². The van der Waals surface area contributed by atoms with Gasteiger partial charge >= 0.3 is 0 Å². The number of primary amides is 1. The number of nitrogens with zero attached hydrogens (tertiary/aromatic N) is 1. The number of carbonyl (C=O) groups excluding carboxylic acids is 1. The van der Waals surface area contributed by atoms with E-state index in [1.807, 2.05) is 18.2 Å². The number of likely N-dealkylation sites (tertiary alicyclic amines) is 1. The van der Waals surface area contributed by atoms with Gasteiger partial charge in [-0.2, -0.15) is 0 Å². The quantitative estimate of drug-likeness (QED) is 0.839. The largest absolute Gasteiger partial charge is 0.484 e. The van der Waals surface area contributed by atoms with Crippen LogP contribution in [-0.4, -0.2) is 30.5 Å². The zero-order valence-electron chi connectivity index (χ0n) is 13.0. The average molecular weight is 290 g/mol. The molecule has 116 valence electrons. The Kier molecular flexibility index (Phi) is 5.62. The molecule has 2 N–H and O–H groups in total. The molecule has 1 aliphatic heterocycles. The highest BCUT2D eigenvalue weighted by Crippen LogP contribution is 2.25. The van der Waals surface area contributed by atoms with Crippen molar-refractivity contribution in [3.63, 3.8) is 0 Å². The van der Waals surface area contributed by atoms with E-state index in [0.29, 0.717) is 5.75 Å². The Balaban J connectivity index is 1.85. The minimum absolute atomic E-state index is 0.0658. The Morgan fingerprint density at radius 1 is 1.48 bits per heavy atom. The topological polar surface area (TPSA) is 55.6 Å². The molecule has 0 spiro atoms. The van der Waals surface area contributed by atoms with Crippen LogP contribution >= 0.6 is 0 Å². The Morgan fingerprint density at radius 2 is 2.29 bits per heavy atom. The van der Waals surface area contributed by atoms with Crippen molar-refractivity contribution in [3.8, 4) is 5.75 Å². The number of amides is 1. The summed E-state index contributed by atoms with van der Waals surface area (Å²) in [5.41, 5.74) is 6.32. The van der Waals surface area contributed by atoms with E-state index >= 15 is 0 Å². The van der Waals surface area contributed by atoms with E-state index in [4.69, 9.17) is 10.5 Å². The van der Waals surface area contributed by atoms with E-state index in [2.05, 4.69) is 24.8 Å². The first kappa shape index (κ1) is 15.8. The second-order valence-corrected chi connectivity index (χ2v) is 6.42. The summed E-state index contributed by atoms with van der Waals surface area (Å²) in [6, 6.07) is 7.93. The summed E-state index contributed by atoms with van der Waals surface area (Å²) in [6.07, 6.45) is 2.62. The van der Waals surface area contributed by atoms with E-state index in [1.165, 1.54) is 31.5 Å². The molecule has 0 radical (unpaired) electrons. The number of hydrogen-bond donors (Lipinski definition) is 1.